The maximum Gasteiger partial charge on any atom is 0.254 e. The number of rotatable bonds is 2. The van der Waals surface area contributed by atoms with Crippen LogP contribution in [0.5, 0.6) is 0 Å². The molecule has 2 N–H and O–H groups in total. The highest BCUT2D eigenvalue weighted by atomic mass is 19.1. The number of carbonyl (C=O) groups is 1. The number of aryl methyl sites for hydroxylation is 1. The van der Waals surface area contributed by atoms with Gasteiger partial charge in [0.25, 0.3) is 5.91 Å². The molecule has 1 aliphatic heterocycles. The fourth-order valence-corrected chi connectivity index (χ4v) is 4.72. The highest BCUT2D eigenvalue weighted by molar-refractivity contribution is 5.96. The molecule has 1 aromatic carbocycles. The van der Waals surface area contributed by atoms with Gasteiger partial charge in [-0.05, 0) is 42.3 Å². The van der Waals surface area contributed by atoms with Crippen molar-refractivity contribution in [3.63, 3.8) is 0 Å². The SMILES string of the molecule is Cc1nn(CCO)c2c1-c1cnc3[nH]cc(c3c1)[C@H](C)c1cc(F)ccc1C(=O)N(C)C2. The monoisotopic (exact) mass is 433 g/mol. The van der Waals surface area contributed by atoms with E-state index < -0.39 is 0 Å². The average molecular weight is 433 g/mol. The lowest BCUT2D eigenvalue weighted by molar-refractivity contribution is 0.0780. The Kier molecular flexibility index (Phi) is 4.82. The summed E-state index contributed by atoms with van der Waals surface area (Å²) in [5.74, 6) is -0.793. The molecule has 0 unspecified atom stereocenters. The van der Waals surface area contributed by atoms with Gasteiger partial charge in [0.1, 0.15) is 11.5 Å². The molecule has 7 nitrogen and oxygen atoms in total. The molecule has 3 aromatic heterocycles. The number of benzene rings is 1. The number of H-pyrrole nitrogens is 1. The zero-order valence-corrected chi connectivity index (χ0v) is 18.2. The molecular weight excluding hydrogens is 409 g/mol. The van der Waals surface area contributed by atoms with Gasteiger partial charge < -0.3 is 15.0 Å². The number of hydrogen-bond acceptors (Lipinski definition) is 4. The molecule has 4 aromatic rings. The molecule has 8 heteroatoms. The largest absolute Gasteiger partial charge is 0.394 e. The zero-order valence-electron chi connectivity index (χ0n) is 18.2. The van der Waals surface area contributed by atoms with Gasteiger partial charge in [0, 0.05) is 47.4 Å². The first kappa shape index (κ1) is 20.4. The standard InChI is InChI=1S/C24H24FN5O2/c1-13-18-9-16(25)4-5-17(18)24(32)29(3)12-21-22(14(2)28-30(21)6-7-31)15-8-19-20(13)11-27-23(19)26-10-15/h4-5,8-11,13,31H,6-7,12H2,1-3H3,(H,26,27)/t13-/m1/s1. The lowest BCUT2D eigenvalue weighted by Crippen LogP contribution is -2.29. The lowest BCUT2D eigenvalue weighted by atomic mass is 9.88. The maximum absolute atomic E-state index is 14.2. The lowest BCUT2D eigenvalue weighted by Gasteiger charge is -2.23. The summed E-state index contributed by atoms with van der Waals surface area (Å²) in [6.45, 7) is 4.44. The van der Waals surface area contributed by atoms with Crippen LogP contribution in [0, 0.1) is 12.7 Å². The Labute approximate surface area is 184 Å². The van der Waals surface area contributed by atoms with Gasteiger partial charge in [-0.2, -0.15) is 5.10 Å². The van der Waals surface area contributed by atoms with Crippen LogP contribution >= 0.6 is 0 Å². The molecule has 2 bridgehead atoms. The summed E-state index contributed by atoms with van der Waals surface area (Å²) < 4.78 is 16.0. The number of pyridine rings is 1. The normalized spacial score (nSPS) is 16.1. The molecule has 1 atom stereocenters. The Morgan fingerprint density at radius 3 is 2.88 bits per heavy atom. The number of aliphatic hydroxyl groups excluding tert-OH is 1. The summed E-state index contributed by atoms with van der Waals surface area (Å²) in [4.78, 5) is 22.9. The first-order valence-electron chi connectivity index (χ1n) is 10.6. The van der Waals surface area contributed by atoms with Crippen molar-refractivity contribution < 1.29 is 14.3 Å². The van der Waals surface area contributed by atoms with Crippen LogP contribution < -0.4 is 0 Å². The maximum atomic E-state index is 14.2. The predicted octanol–water partition coefficient (Wildman–Crippen LogP) is 3.60. The number of nitrogens with one attached hydrogen (secondary N) is 1. The van der Waals surface area contributed by atoms with Crippen LogP contribution in [0.1, 0.15) is 45.7 Å². The summed E-state index contributed by atoms with van der Waals surface area (Å²) >= 11 is 0. The van der Waals surface area contributed by atoms with E-state index in [1.807, 2.05) is 20.0 Å². The van der Waals surface area contributed by atoms with E-state index in [0.717, 1.165) is 39.1 Å². The number of halogens is 1. The van der Waals surface area contributed by atoms with Crippen LogP contribution in [-0.2, 0) is 13.1 Å². The first-order valence-corrected chi connectivity index (χ1v) is 10.6. The van der Waals surface area contributed by atoms with Gasteiger partial charge in [0.05, 0.1) is 31.1 Å². The average Bonchev–Trinajstić information content (AvgIpc) is 3.32. The molecule has 0 saturated carbocycles. The van der Waals surface area contributed by atoms with Gasteiger partial charge in [-0.3, -0.25) is 9.48 Å². The van der Waals surface area contributed by atoms with E-state index >= 15 is 0 Å². The predicted molar refractivity (Wildman–Crippen MR) is 119 cm³/mol. The zero-order chi connectivity index (χ0) is 22.6. The third kappa shape index (κ3) is 3.10. The number of aromatic nitrogens is 4. The molecule has 1 amide bonds. The van der Waals surface area contributed by atoms with E-state index in [0.29, 0.717) is 17.7 Å². The summed E-state index contributed by atoms with van der Waals surface area (Å²) in [7, 11) is 1.73. The van der Waals surface area contributed by atoms with Gasteiger partial charge in [-0.25, -0.2) is 9.37 Å². The van der Waals surface area contributed by atoms with Gasteiger partial charge in [0.15, 0.2) is 0 Å². The number of aromatic amines is 1. The Balaban J connectivity index is 1.83. The van der Waals surface area contributed by atoms with Crippen molar-refractivity contribution in [3.8, 4) is 11.1 Å². The highest BCUT2D eigenvalue weighted by Crippen LogP contribution is 2.37. The van der Waals surface area contributed by atoms with Crippen LogP contribution in [0.15, 0.2) is 36.7 Å². The number of carbonyl (C=O) groups excluding carboxylic acids is 1. The van der Waals surface area contributed by atoms with Gasteiger partial charge in [0.2, 0.25) is 0 Å². The smallest absolute Gasteiger partial charge is 0.254 e. The Morgan fingerprint density at radius 1 is 1.28 bits per heavy atom. The molecule has 5 rings (SSSR count). The molecule has 0 spiro atoms. The van der Waals surface area contributed by atoms with Crippen LogP contribution in [0.4, 0.5) is 4.39 Å². The highest BCUT2D eigenvalue weighted by Gasteiger charge is 2.27. The minimum atomic E-state index is -0.379. The van der Waals surface area contributed by atoms with Gasteiger partial charge in [-0.1, -0.05) is 6.92 Å². The Bertz CT molecular complexity index is 1360. The van der Waals surface area contributed by atoms with Crippen molar-refractivity contribution >= 4 is 16.9 Å². The summed E-state index contributed by atoms with van der Waals surface area (Å²) in [6, 6.07) is 6.40. The number of nitrogens with zero attached hydrogens (tertiary/aromatic N) is 4. The van der Waals surface area contributed by atoms with Crippen molar-refractivity contribution in [1.29, 1.82) is 0 Å². The summed E-state index contributed by atoms with van der Waals surface area (Å²) in [5, 5.41) is 15.1. The van der Waals surface area contributed by atoms with E-state index in [4.69, 9.17) is 0 Å². The number of hydrogen-bond donors (Lipinski definition) is 2. The number of aliphatic hydroxyl groups is 1. The van der Waals surface area contributed by atoms with Crippen molar-refractivity contribution in [1.82, 2.24) is 24.6 Å². The van der Waals surface area contributed by atoms with Crippen LogP contribution in [0.25, 0.3) is 22.2 Å². The molecule has 1 aliphatic rings. The van der Waals surface area contributed by atoms with E-state index in [1.165, 1.54) is 12.1 Å². The topological polar surface area (TPSA) is 87.0 Å². The minimum absolute atomic E-state index is 0.0654. The van der Waals surface area contributed by atoms with Crippen LogP contribution in [0.3, 0.4) is 0 Å². The van der Waals surface area contributed by atoms with Crippen molar-refractivity contribution in [3.05, 3.63) is 70.6 Å². The second-order valence-electron chi connectivity index (χ2n) is 8.33. The van der Waals surface area contributed by atoms with Crippen molar-refractivity contribution in [2.24, 2.45) is 0 Å². The van der Waals surface area contributed by atoms with Crippen LogP contribution in [0.2, 0.25) is 0 Å². The number of fused-ring (bicyclic) bond motifs is 4. The molecule has 164 valence electrons. The van der Waals surface area contributed by atoms with Crippen molar-refractivity contribution in [2.45, 2.75) is 32.9 Å². The minimum Gasteiger partial charge on any atom is -0.394 e. The molecule has 0 aliphatic carbocycles. The summed E-state index contributed by atoms with van der Waals surface area (Å²) in [5.41, 5.74) is 6.20. The number of amides is 1. The quantitative estimate of drug-likeness (QED) is 0.506. The van der Waals surface area contributed by atoms with E-state index in [1.54, 1.807) is 28.9 Å². The van der Waals surface area contributed by atoms with Gasteiger partial charge >= 0.3 is 0 Å². The van der Waals surface area contributed by atoms with Crippen molar-refractivity contribution in [2.75, 3.05) is 13.7 Å². The van der Waals surface area contributed by atoms with Crippen LogP contribution in [-0.4, -0.2) is 49.3 Å². The molecule has 0 saturated heterocycles. The Morgan fingerprint density at radius 2 is 2.09 bits per heavy atom. The molecular formula is C24H24FN5O2. The third-order valence-electron chi connectivity index (χ3n) is 6.31. The Hall–Kier alpha value is -3.52. The fraction of sp³-hybridized carbons (Fsp3) is 0.292. The van der Waals surface area contributed by atoms with E-state index in [2.05, 4.69) is 21.1 Å². The second-order valence-corrected chi connectivity index (χ2v) is 8.33. The molecule has 0 radical (unpaired) electrons. The molecule has 4 heterocycles. The first-order chi connectivity index (χ1) is 15.4. The second kappa shape index (κ2) is 7.56. The summed E-state index contributed by atoms with van der Waals surface area (Å²) in [6.07, 6.45) is 3.68. The van der Waals surface area contributed by atoms with E-state index in [-0.39, 0.29) is 30.8 Å². The fourth-order valence-electron chi connectivity index (χ4n) is 4.72. The molecule has 32 heavy (non-hydrogen) atoms. The molecule has 0 fully saturated rings. The third-order valence-corrected chi connectivity index (χ3v) is 6.31. The van der Waals surface area contributed by atoms with Gasteiger partial charge in [-0.15, -0.1) is 0 Å². The van der Waals surface area contributed by atoms with E-state index in [9.17, 15) is 14.3 Å².